The lowest BCUT2D eigenvalue weighted by Crippen LogP contribution is -2.01. The summed E-state index contributed by atoms with van der Waals surface area (Å²) in [6, 6.07) is 7.06. The number of halogens is 2. The molecule has 0 atom stereocenters. The van der Waals surface area contributed by atoms with Crippen LogP contribution in [0.2, 0.25) is 10.0 Å². The Bertz CT molecular complexity index is 500. The maximum atomic E-state index is 5.93. The first-order valence-corrected chi connectivity index (χ1v) is 5.66. The third-order valence-electron chi connectivity index (χ3n) is 2.24. The minimum absolute atomic E-state index is 0.565. The van der Waals surface area contributed by atoms with Gasteiger partial charge in [0.05, 0.1) is 11.4 Å². The monoisotopic (exact) mass is 255 g/mol. The van der Waals surface area contributed by atoms with Gasteiger partial charge in [0, 0.05) is 16.1 Å². The first-order chi connectivity index (χ1) is 7.60. The van der Waals surface area contributed by atoms with Gasteiger partial charge in [-0.25, -0.2) is 4.68 Å². The summed E-state index contributed by atoms with van der Waals surface area (Å²) in [5.41, 5.74) is 7.57. The van der Waals surface area contributed by atoms with Gasteiger partial charge in [0.15, 0.2) is 0 Å². The fraction of sp³-hybridized carbons (Fsp3) is 0.182. The molecule has 0 aliphatic heterocycles. The molecule has 2 N–H and O–H groups in total. The lowest BCUT2D eigenvalue weighted by Gasteiger charge is -2.05. The van der Waals surface area contributed by atoms with Gasteiger partial charge in [-0.05, 0) is 24.6 Å². The highest BCUT2D eigenvalue weighted by Gasteiger charge is 2.07. The molecule has 0 amide bonds. The van der Waals surface area contributed by atoms with Crippen molar-refractivity contribution < 1.29 is 0 Å². The normalized spacial score (nSPS) is 10.7. The molecule has 0 radical (unpaired) electrons. The average Bonchev–Trinajstić information content (AvgIpc) is 2.58. The first-order valence-electron chi connectivity index (χ1n) is 4.91. The van der Waals surface area contributed by atoms with Gasteiger partial charge >= 0.3 is 0 Å². The molecule has 0 saturated heterocycles. The van der Waals surface area contributed by atoms with Crippen LogP contribution in [-0.2, 0) is 6.42 Å². The lowest BCUT2D eigenvalue weighted by atomic mass is 10.3. The Labute approximate surface area is 104 Å². The summed E-state index contributed by atoms with van der Waals surface area (Å²) in [6.45, 7) is 2.02. The Morgan fingerprint density at radius 1 is 1.19 bits per heavy atom. The smallest absolute Gasteiger partial charge is 0.127 e. The second-order valence-corrected chi connectivity index (χ2v) is 4.33. The van der Waals surface area contributed by atoms with E-state index in [1.54, 1.807) is 22.9 Å². The molecule has 1 aromatic carbocycles. The summed E-state index contributed by atoms with van der Waals surface area (Å²) in [7, 11) is 0. The number of benzene rings is 1. The van der Waals surface area contributed by atoms with Crippen molar-refractivity contribution in [1.82, 2.24) is 9.78 Å². The number of nitrogens with zero attached hydrogens (tertiary/aromatic N) is 2. The summed E-state index contributed by atoms with van der Waals surface area (Å²) in [6.07, 6.45) is 0.839. The van der Waals surface area contributed by atoms with Crippen LogP contribution in [0.4, 0.5) is 5.82 Å². The highest BCUT2D eigenvalue weighted by atomic mass is 35.5. The quantitative estimate of drug-likeness (QED) is 0.895. The molecule has 0 saturated carbocycles. The van der Waals surface area contributed by atoms with E-state index in [4.69, 9.17) is 28.9 Å². The van der Waals surface area contributed by atoms with Crippen LogP contribution in [0.3, 0.4) is 0 Å². The van der Waals surface area contributed by atoms with Crippen LogP contribution in [0.5, 0.6) is 0 Å². The van der Waals surface area contributed by atoms with Crippen LogP contribution in [0, 0.1) is 0 Å². The van der Waals surface area contributed by atoms with Gasteiger partial charge in [-0.3, -0.25) is 0 Å². The highest BCUT2D eigenvalue weighted by Crippen LogP contribution is 2.23. The van der Waals surface area contributed by atoms with Crippen molar-refractivity contribution >= 4 is 29.0 Å². The van der Waals surface area contributed by atoms with E-state index < -0.39 is 0 Å². The van der Waals surface area contributed by atoms with Crippen molar-refractivity contribution in [3.8, 4) is 5.69 Å². The Morgan fingerprint density at radius 3 is 2.31 bits per heavy atom. The molecule has 0 aliphatic rings. The van der Waals surface area contributed by atoms with Crippen molar-refractivity contribution in [3.63, 3.8) is 0 Å². The van der Waals surface area contributed by atoms with E-state index >= 15 is 0 Å². The number of rotatable bonds is 2. The van der Waals surface area contributed by atoms with Gasteiger partial charge in [-0.15, -0.1) is 0 Å². The number of hydrogen-bond donors (Lipinski definition) is 1. The number of nitrogens with two attached hydrogens (primary N) is 1. The number of hydrogen-bond acceptors (Lipinski definition) is 2. The van der Waals surface area contributed by atoms with Crippen LogP contribution in [0.15, 0.2) is 24.3 Å². The van der Waals surface area contributed by atoms with E-state index in [1.165, 1.54) is 0 Å². The average molecular weight is 256 g/mol. The van der Waals surface area contributed by atoms with Gasteiger partial charge in [0.1, 0.15) is 5.82 Å². The Morgan fingerprint density at radius 2 is 1.81 bits per heavy atom. The van der Waals surface area contributed by atoms with Gasteiger partial charge < -0.3 is 5.73 Å². The molecule has 0 aliphatic carbocycles. The largest absolute Gasteiger partial charge is 0.384 e. The van der Waals surface area contributed by atoms with E-state index in [0.29, 0.717) is 15.9 Å². The summed E-state index contributed by atoms with van der Waals surface area (Å²) in [5.74, 6) is 0.579. The van der Waals surface area contributed by atoms with E-state index in [-0.39, 0.29) is 0 Å². The summed E-state index contributed by atoms with van der Waals surface area (Å²) in [5, 5.41) is 5.49. The molecule has 2 aromatic rings. The SMILES string of the molecule is CCc1cc(N)n(-c2cc(Cl)cc(Cl)c2)n1. The maximum absolute atomic E-state index is 5.93. The molecular weight excluding hydrogens is 245 g/mol. The van der Waals surface area contributed by atoms with E-state index in [0.717, 1.165) is 17.8 Å². The Hall–Kier alpha value is -1.19. The molecule has 0 bridgehead atoms. The molecule has 0 unspecified atom stereocenters. The fourth-order valence-electron chi connectivity index (χ4n) is 1.49. The van der Waals surface area contributed by atoms with Crippen molar-refractivity contribution in [1.29, 1.82) is 0 Å². The molecule has 0 fully saturated rings. The topological polar surface area (TPSA) is 43.8 Å². The predicted molar refractivity (Wildman–Crippen MR) is 67.4 cm³/mol. The lowest BCUT2D eigenvalue weighted by molar-refractivity contribution is 0.849. The molecule has 0 spiro atoms. The van der Waals surface area contributed by atoms with Gasteiger partial charge in [-0.1, -0.05) is 30.1 Å². The first kappa shape index (κ1) is 11.3. The van der Waals surface area contributed by atoms with Gasteiger partial charge in [-0.2, -0.15) is 5.10 Å². The predicted octanol–water partition coefficient (Wildman–Crippen LogP) is 3.32. The summed E-state index contributed by atoms with van der Waals surface area (Å²) < 4.78 is 1.64. The maximum Gasteiger partial charge on any atom is 0.127 e. The standard InChI is InChI=1S/C11H11Cl2N3/c1-2-9-6-11(14)16(15-9)10-4-7(12)3-8(13)5-10/h3-6H,2,14H2,1H3. The number of anilines is 1. The van der Waals surface area contributed by atoms with Crippen LogP contribution in [0.1, 0.15) is 12.6 Å². The molecule has 5 heteroatoms. The zero-order valence-corrected chi connectivity index (χ0v) is 10.3. The number of aromatic nitrogens is 2. The Balaban J connectivity index is 2.53. The fourth-order valence-corrected chi connectivity index (χ4v) is 2.00. The molecule has 1 heterocycles. The minimum atomic E-state index is 0.565. The van der Waals surface area contributed by atoms with Crippen LogP contribution in [0.25, 0.3) is 5.69 Å². The molecule has 1 aromatic heterocycles. The third kappa shape index (κ3) is 2.15. The third-order valence-corrected chi connectivity index (χ3v) is 2.68. The van der Waals surface area contributed by atoms with Crippen LogP contribution < -0.4 is 5.73 Å². The van der Waals surface area contributed by atoms with Crippen LogP contribution in [-0.4, -0.2) is 9.78 Å². The Kier molecular flexibility index (Phi) is 3.08. The zero-order chi connectivity index (χ0) is 11.7. The minimum Gasteiger partial charge on any atom is -0.384 e. The van der Waals surface area contributed by atoms with Gasteiger partial charge in [0.25, 0.3) is 0 Å². The highest BCUT2D eigenvalue weighted by molar-refractivity contribution is 6.34. The van der Waals surface area contributed by atoms with Crippen molar-refractivity contribution in [2.24, 2.45) is 0 Å². The second kappa shape index (κ2) is 4.36. The molecule has 3 nitrogen and oxygen atoms in total. The van der Waals surface area contributed by atoms with E-state index in [2.05, 4.69) is 5.10 Å². The van der Waals surface area contributed by atoms with Crippen molar-refractivity contribution in [2.75, 3.05) is 5.73 Å². The second-order valence-electron chi connectivity index (χ2n) is 3.45. The number of nitrogen functional groups attached to an aromatic ring is 1. The summed E-state index contributed by atoms with van der Waals surface area (Å²) in [4.78, 5) is 0. The molecule has 16 heavy (non-hydrogen) atoms. The van der Waals surface area contributed by atoms with Gasteiger partial charge in [0.2, 0.25) is 0 Å². The molecule has 84 valence electrons. The molecular formula is C11H11Cl2N3. The van der Waals surface area contributed by atoms with E-state index in [1.807, 2.05) is 13.0 Å². The summed E-state index contributed by atoms with van der Waals surface area (Å²) >= 11 is 11.9. The number of aryl methyl sites for hydroxylation is 1. The zero-order valence-electron chi connectivity index (χ0n) is 8.74. The van der Waals surface area contributed by atoms with E-state index in [9.17, 15) is 0 Å². The van der Waals surface area contributed by atoms with Crippen molar-refractivity contribution in [2.45, 2.75) is 13.3 Å². The van der Waals surface area contributed by atoms with Crippen molar-refractivity contribution in [3.05, 3.63) is 40.0 Å². The molecule has 2 rings (SSSR count). The van der Waals surface area contributed by atoms with Crippen LogP contribution >= 0.6 is 23.2 Å².